The van der Waals surface area contributed by atoms with Crippen LogP contribution in [0.3, 0.4) is 0 Å². The second-order valence-corrected chi connectivity index (χ2v) is 9.68. The first-order valence-corrected chi connectivity index (χ1v) is 11.8. The summed E-state index contributed by atoms with van der Waals surface area (Å²) in [5.74, 6) is 0.615. The maximum Gasteiger partial charge on any atom is 0.238 e. The maximum atomic E-state index is 11.9. The van der Waals surface area contributed by atoms with Crippen LogP contribution in [0.1, 0.15) is 35.7 Å². The van der Waals surface area contributed by atoms with Gasteiger partial charge in [0.15, 0.2) is 5.78 Å². The Morgan fingerprint density at radius 1 is 1.03 bits per heavy atom. The quantitative estimate of drug-likeness (QED) is 0.432. The Balaban J connectivity index is 1.65. The van der Waals surface area contributed by atoms with Gasteiger partial charge in [0.05, 0.1) is 21.5 Å². The molecule has 1 aliphatic rings. The zero-order valence-corrected chi connectivity index (χ0v) is 18.3. The first kappa shape index (κ1) is 20.4. The van der Waals surface area contributed by atoms with E-state index in [1.165, 1.54) is 24.6 Å². The molecule has 1 heterocycles. The smallest absolute Gasteiger partial charge is 0.238 e. The number of carbonyl (C=O) groups is 1. The number of imidazole rings is 1. The third-order valence-corrected chi connectivity index (χ3v) is 6.89. The summed E-state index contributed by atoms with van der Waals surface area (Å²) in [5, 5.41) is 8.55. The van der Waals surface area contributed by atoms with E-state index in [0.717, 1.165) is 23.9 Å². The van der Waals surface area contributed by atoms with E-state index in [2.05, 4.69) is 22.0 Å². The van der Waals surface area contributed by atoms with Crippen LogP contribution in [0.4, 0.5) is 11.6 Å². The van der Waals surface area contributed by atoms with E-state index in [4.69, 9.17) is 10.1 Å². The van der Waals surface area contributed by atoms with Gasteiger partial charge in [-0.1, -0.05) is 30.3 Å². The number of nitrogens with two attached hydrogens (primary N) is 1. The Hall–Kier alpha value is -3.49. The van der Waals surface area contributed by atoms with E-state index in [1.54, 1.807) is 12.1 Å². The monoisotopic (exact) mass is 446 g/mol. The van der Waals surface area contributed by atoms with Gasteiger partial charge in [-0.25, -0.2) is 18.5 Å². The average molecular weight is 447 g/mol. The molecule has 3 N–H and O–H groups in total. The van der Waals surface area contributed by atoms with Gasteiger partial charge < -0.3 is 5.32 Å². The van der Waals surface area contributed by atoms with E-state index in [1.807, 2.05) is 36.4 Å². The number of aromatic nitrogens is 2. The summed E-state index contributed by atoms with van der Waals surface area (Å²) in [6.07, 6.45) is 1.94. The minimum absolute atomic E-state index is 0.0151. The van der Waals surface area contributed by atoms with Crippen LogP contribution >= 0.6 is 0 Å². The van der Waals surface area contributed by atoms with Crippen LogP contribution in [0.15, 0.2) is 77.7 Å². The topological polar surface area (TPSA) is 107 Å². The molecule has 5 rings (SSSR count). The molecule has 1 saturated carbocycles. The summed E-state index contributed by atoms with van der Waals surface area (Å²) in [6, 6.07) is 22.1. The highest BCUT2D eigenvalue weighted by Gasteiger charge is 2.48. The predicted molar refractivity (Wildman–Crippen MR) is 124 cm³/mol. The number of fused-ring (bicyclic) bond motifs is 1. The van der Waals surface area contributed by atoms with Crippen LogP contribution in [0, 0.1) is 0 Å². The van der Waals surface area contributed by atoms with Crippen molar-refractivity contribution in [2.24, 2.45) is 5.14 Å². The van der Waals surface area contributed by atoms with Crippen molar-refractivity contribution in [1.82, 2.24) is 9.55 Å². The lowest BCUT2D eigenvalue weighted by atomic mass is 10.0. The molecule has 0 unspecified atom stereocenters. The lowest BCUT2D eigenvalue weighted by molar-refractivity contribution is 0.101. The molecule has 4 aromatic rings. The van der Waals surface area contributed by atoms with Crippen molar-refractivity contribution in [2.75, 3.05) is 5.32 Å². The summed E-state index contributed by atoms with van der Waals surface area (Å²) < 4.78 is 25.3. The minimum Gasteiger partial charge on any atom is -0.326 e. The molecular weight excluding hydrogens is 424 g/mol. The Bertz CT molecular complexity index is 1440. The van der Waals surface area contributed by atoms with Crippen molar-refractivity contribution in [3.05, 3.63) is 83.9 Å². The number of nitrogens with zero attached hydrogens (tertiary/aromatic N) is 2. The Morgan fingerprint density at radius 2 is 1.72 bits per heavy atom. The van der Waals surface area contributed by atoms with E-state index in [0.29, 0.717) is 17.2 Å². The van der Waals surface area contributed by atoms with Gasteiger partial charge in [0.25, 0.3) is 0 Å². The molecule has 0 amide bonds. The number of ketones is 1. The number of carbonyl (C=O) groups excluding carboxylic acids is 1. The van der Waals surface area contributed by atoms with Crippen molar-refractivity contribution in [3.8, 4) is 0 Å². The Morgan fingerprint density at radius 3 is 2.31 bits per heavy atom. The van der Waals surface area contributed by atoms with Gasteiger partial charge in [-0.05, 0) is 67.8 Å². The Labute approximate surface area is 185 Å². The van der Waals surface area contributed by atoms with E-state index >= 15 is 0 Å². The lowest BCUT2D eigenvalue weighted by Crippen LogP contribution is -2.20. The highest BCUT2D eigenvalue weighted by Crippen LogP contribution is 2.52. The molecule has 8 heteroatoms. The number of primary sulfonamides is 1. The molecule has 1 aliphatic carbocycles. The van der Waals surface area contributed by atoms with Gasteiger partial charge in [0.2, 0.25) is 16.0 Å². The molecule has 7 nitrogen and oxygen atoms in total. The third-order valence-electron chi connectivity index (χ3n) is 5.96. The molecule has 1 aromatic heterocycles. The fourth-order valence-electron chi connectivity index (χ4n) is 4.18. The first-order chi connectivity index (χ1) is 15.3. The number of rotatable bonds is 6. The van der Waals surface area contributed by atoms with Crippen LogP contribution in [-0.4, -0.2) is 23.8 Å². The number of anilines is 2. The molecule has 0 spiro atoms. The number of benzene rings is 3. The van der Waals surface area contributed by atoms with Gasteiger partial charge in [0.1, 0.15) is 0 Å². The normalized spacial score (nSPS) is 14.9. The largest absolute Gasteiger partial charge is 0.326 e. The van der Waals surface area contributed by atoms with Crippen LogP contribution in [0.25, 0.3) is 11.0 Å². The molecular formula is C24H22N4O3S. The van der Waals surface area contributed by atoms with E-state index in [9.17, 15) is 13.2 Å². The summed E-state index contributed by atoms with van der Waals surface area (Å²) in [5.41, 5.74) is 3.92. The zero-order valence-electron chi connectivity index (χ0n) is 17.4. The number of nitrogens with one attached hydrogen (secondary N) is 1. The van der Waals surface area contributed by atoms with Crippen molar-refractivity contribution in [2.45, 2.75) is 30.2 Å². The molecule has 1 fully saturated rings. The first-order valence-electron chi connectivity index (χ1n) is 10.3. The van der Waals surface area contributed by atoms with Gasteiger partial charge >= 0.3 is 0 Å². The predicted octanol–water partition coefficient (Wildman–Crippen LogP) is 4.17. The number of sulfonamides is 1. The second kappa shape index (κ2) is 7.29. The molecule has 162 valence electrons. The number of Topliss-reactive ketones (excluding diaryl/α,β-unsaturated/α-hetero) is 1. The standard InChI is InChI=1S/C24H22N4O3S/c1-16(29)17-7-12-22-21(15-17)27-23(26-19-8-10-20(11-9-19)32(25,30)31)28(22)24(13-14-24)18-5-3-2-4-6-18/h2-12,15H,13-14H2,1H3,(H,26,27)(H2,25,30,31). The molecule has 32 heavy (non-hydrogen) atoms. The van der Waals surface area contributed by atoms with Crippen molar-refractivity contribution >= 4 is 38.5 Å². The minimum atomic E-state index is -3.76. The number of hydrogen-bond acceptors (Lipinski definition) is 5. The van der Waals surface area contributed by atoms with Crippen LogP contribution in [0.5, 0.6) is 0 Å². The molecule has 0 bridgehead atoms. The summed E-state index contributed by atoms with van der Waals surface area (Å²) in [6.45, 7) is 1.54. The Kier molecular flexibility index (Phi) is 4.65. The van der Waals surface area contributed by atoms with Crippen molar-refractivity contribution in [1.29, 1.82) is 0 Å². The van der Waals surface area contributed by atoms with Crippen LogP contribution < -0.4 is 10.5 Å². The van der Waals surface area contributed by atoms with Gasteiger partial charge in [0, 0.05) is 11.3 Å². The second-order valence-electron chi connectivity index (χ2n) is 8.12. The van der Waals surface area contributed by atoms with Crippen LogP contribution in [0.2, 0.25) is 0 Å². The summed E-state index contributed by atoms with van der Waals surface area (Å²) in [7, 11) is -3.76. The third kappa shape index (κ3) is 3.47. The SMILES string of the molecule is CC(=O)c1ccc2c(c1)nc(Nc1ccc(S(N)(=O)=O)cc1)n2C1(c2ccccc2)CC1. The van der Waals surface area contributed by atoms with Crippen molar-refractivity contribution < 1.29 is 13.2 Å². The van der Waals surface area contributed by atoms with Gasteiger partial charge in [-0.3, -0.25) is 9.36 Å². The van der Waals surface area contributed by atoms with E-state index < -0.39 is 10.0 Å². The molecule has 0 aliphatic heterocycles. The summed E-state index contributed by atoms with van der Waals surface area (Å²) in [4.78, 5) is 16.8. The fourth-order valence-corrected chi connectivity index (χ4v) is 4.70. The molecule has 0 atom stereocenters. The molecule has 3 aromatic carbocycles. The van der Waals surface area contributed by atoms with Crippen molar-refractivity contribution in [3.63, 3.8) is 0 Å². The number of hydrogen-bond donors (Lipinski definition) is 2. The van der Waals surface area contributed by atoms with Gasteiger partial charge in [-0.15, -0.1) is 0 Å². The highest BCUT2D eigenvalue weighted by molar-refractivity contribution is 7.89. The molecule has 0 saturated heterocycles. The average Bonchev–Trinajstić information content (AvgIpc) is 3.49. The fraction of sp³-hybridized carbons (Fsp3) is 0.167. The lowest BCUT2D eigenvalue weighted by Gasteiger charge is -2.22. The maximum absolute atomic E-state index is 11.9. The van der Waals surface area contributed by atoms with E-state index in [-0.39, 0.29) is 16.2 Å². The van der Waals surface area contributed by atoms with Gasteiger partial charge in [-0.2, -0.15) is 0 Å². The van der Waals surface area contributed by atoms with Crippen LogP contribution in [-0.2, 0) is 15.6 Å². The zero-order chi connectivity index (χ0) is 22.5. The highest BCUT2D eigenvalue weighted by atomic mass is 32.2. The summed E-state index contributed by atoms with van der Waals surface area (Å²) >= 11 is 0. The molecule has 0 radical (unpaired) electrons.